The quantitative estimate of drug-likeness (QED) is 0.244. The first kappa shape index (κ1) is 28.0. The molecule has 198 valence electrons. The van der Waals surface area contributed by atoms with Gasteiger partial charge in [0.25, 0.3) is 0 Å². The zero-order valence-electron chi connectivity index (χ0n) is 22.5. The number of amides is 1. The predicted octanol–water partition coefficient (Wildman–Crippen LogP) is 5.58. The number of hydrogen-bond acceptors (Lipinski definition) is 4. The van der Waals surface area contributed by atoms with Crippen LogP contribution in [0.4, 0.5) is 0 Å². The van der Waals surface area contributed by atoms with Gasteiger partial charge in [-0.05, 0) is 99.2 Å². The molecule has 0 saturated heterocycles. The molecule has 0 heterocycles. The molecule has 5 nitrogen and oxygen atoms in total. The van der Waals surface area contributed by atoms with Crippen molar-refractivity contribution in [3.05, 3.63) is 29.3 Å². The SMILES string of the molecule is C[C@]1(C(=O)NCCCNCCCCCCCCCCN)CCC[C@]2(C)c3cc(O)ccc3CC[C@@H]12. The molecule has 0 aliphatic heterocycles. The van der Waals surface area contributed by atoms with Gasteiger partial charge in [-0.15, -0.1) is 0 Å². The lowest BCUT2D eigenvalue weighted by molar-refractivity contribution is -0.138. The van der Waals surface area contributed by atoms with Crippen molar-refractivity contribution in [3.63, 3.8) is 0 Å². The first-order valence-electron chi connectivity index (χ1n) is 14.4. The Morgan fingerprint density at radius 1 is 0.971 bits per heavy atom. The summed E-state index contributed by atoms with van der Waals surface area (Å²) in [6.45, 7) is 8.12. The third-order valence-corrected chi connectivity index (χ3v) is 8.98. The summed E-state index contributed by atoms with van der Waals surface area (Å²) in [4.78, 5) is 13.4. The molecule has 2 aliphatic rings. The van der Waals surface area contributed by atoms with Gasteiger partial charge in [0.15, 0.2) is 0 Å². The van der Waals surface area contributed by atoms with Crippen LogP contribution in [-0.4, -0.2) is 37.2 Å². The van der Waals surface area contributed by atoms with E-state index in [9.17, 15) is 9.90 Å². The van der Waals surface area contributed by atoms with E-state index < -0.39 is 0 Å². The van der Waals surface area contributed by atoms with Gasteiger partial charge in [-0.1, -0.05) is 64.9 Å². The van der Waals surface area contributed by atoms with E-state index in [-0.39, 0.29) is 16.7 Å². The van der Waals surface area contributed by atoms with Gasteiger partial charge in [0.2, 0.25) is 5.91 Å². The second-order valence-electron chi connectivity index (χ2n) is 11.6. The second kappa shape index (κ2) is 13.6. The fourth-order valence-corrected chi connectivity index (χ4v) is 6.92. The van der Waals surface area contributed by atoms with Crippen molar-refractivity contribution in [2.75, 3.05) is 26.2 Å². The van der Waals surface area contributed by atoms with Gasteiger partial charge in [-0.2, -0.15) is 0 Å². The molecule has 1 aromatic rings. The number of carbonyl (C=O) groups is 1. The highest BCUT2D eigenvalue weighted by Crippen LogP contribution is 2.57. The highest BCUT2D eigenvalue weighted by Gasteiger charge is 2.54. The summed E-state index contributed by atoms with van der Waals surface area (Å²) < 4.78 is 0. The summed E-state index contributed by atoms with van der Waals surface area (Å²) in [5.74, 6) is 0.883. The van der Waals surface area contributed by atoms with Crippen LogP contribution in [0.2, 0.25) is 0 Å². The number of phenolic OH excluding ortho intramolecular Hbond substituents is 1. The normalized spacial score (nSPS) is 25.6. The number of carbonyl (C=O) groups excluding carboxylic acids is 1. The first-order valence-corrected chi connectivity index (χ1v) is 14.4. The number of hydrogen-bond donors (Lipinski definition) is 4. The van der Waals surface area contributed by atoms with Crippen molar-refractivity contribution in [1.82, 2.24) is 10.6 Å². The Morgan fingerprint density at radius 2 is 1.66 bits per heavy atom. The molecule has 0 unspecified atom stereocenters. The van der Waals surface area contributed by atoms with Crippen LogP contribution in [0.15, 0.2) is 18.2 Å². The van der Waals surface area contributed by atoms with Crippen LogP contribution in [0, 0.1) is 11.3 Å². The summed E-state index contributed by atoms with van der Waals surface area (Å²) in [5.41, 5.74) is 7.77. The molecule has 35 heavy (non-hydrogen) atoms. The molecule has 0 aromatic heterocycles. The molecule has 3 rings (SSSR count). The monoisotopic (exact) mass is 485 g/mol. The van der Waals surface area contributed by atoms with Crippen molar-refractivity contribution >= 4 is 5.91 Å². The molecule has 0 bridgehead atoms. The van der Waals surface area contributed by atoms with E-state index in [0.717, 1.165) is 64.7 Å². The fraction of sp³-hybridized carbons (Fsp3) is 0.767. The molecule has 5 N–H and O–H groups in total. The maximum absolute atomic E-state index is 13.4. The smallest absolute Gasteiger partial charge is 0.226 e. The Kier molecular flexibility index (Phi) is 10.9. The maximum Gasteiger partial charge on any atom is 0.226 e. The number of unbranched alkanes of at least 4 members (excludes halogenated alkanes) is 7. The average molecular weight is 486 g/mol. The summed E-state index contributed by atoms with van der Waals surface area (Å²) >= 11 is 0. The standard InChI is InChI=1S/C30H51N3O2/c1-29-17-11-18-30(2,27(29)16-14-24-13-15-25(34)23-26(24)29)28(35)33-22-12-21-32-20-10-8-6-4-3-5-7-9-19-31/h13,15,23,27,32,34H,3-12,14,16-22,31H2,1-2H3,(H,33,35)/t27-,29-,30+/m1/s1. The number of benzene rings is 1. The molecule has 1 saturated carbocycles. The average Bonchev–Trinajstić information content (AvgIpc) is 2.84. The molecule has 1 amide bonds. The Balaban J connectivity index is 1.34. The van der Waals surface area contributed by atoms with E-state index in [1.165, 1.54) is 62.5 Å². The first-order chi connectivity index (χ1) is 16.9. The zero-order chi connectivity index (χ0) is 25.2. The lowest BCUT2D eigenvalue weighted by Crippen LogP contribution is -2.55. The highest BCUT2D eigenvalue weighted by atomic mass is 16.3. The molecule has 1 aromatic carbocycles. The summed E-state index contributed by atoms with van der Waals surface area (Å²) in [6.07, 6.45) is 16.5. The third kappa shape index (κ3) is 7.22. The topological polar surface area (TPSA) is 87.4 Å². The molecule has 0 radical (unpaired) electrons. The Bertz CT molecular complexity index is 798. The number of rotatable bonds is 15. The molecule has 5 heteroatoms. The largest absolute Gasteiger partial charge is 0.508 e. The Hall–Kier alpha value is -1.59. The molecule has 2 aliphatic carbocycles. The summed E-state index contributed by atoms with van der Waals surface area (Å²) in [5, 5.41) is 17.0. The van der Waals surface area contributed by atoms with Crippen LogP contribution in [0.3, 0.4) is 0 Å². The van der Waals surface area contributed by atoms with Gasteiger partial charge in [0.05, 0.1) is 5.41 Å². The molecule has 1 fully saturated rings. The molecular weight excluding hydrogens is 434 g/mol. The van der Waals surface area contributed by atoms with E-state index in [2.05, 4.69) is 30.5 Å². The van der Waals surface area contributed by atoms with E-state index >= 15 is 0 Å². The van der Waals surface area contributed by atoms with Crippen molar-refractivity contribution in [1.29, 1.82) is 0 Å². The van der Waals surface area contributed by atoms with Gasteiger partial charge in [0.1, 0.15) is 5.75 Å². The van der Waals surface area contributed by atoms with Gasteiger partial charge in [-0.3, -0.25) is 4.79 Å². The van der Waals surface area contributed by atoms with Crippen LogP contribution in [0.25, 0.3) is 0 Å². The Morgan fingerprint density at radius 3 is 2.40 bits per heavy atom. The van der Waals surface area contributed by atoms with Crippen molar-refractivity contribution in [2.24, 2.45) is 17.1 Å². The molecular formula is C30H51N3O2. The van der Waals surface area contributed by atoms with Crippen molar-refractivity contribution in [2.45, 2.75) is 109 Å². The third-order valence-electron chi connectivity index (χ3n) is 8.98. The second-order valence-corrected chi connectivity index (χ2v) is 11.6. The van der Waals surface area contributed by atoms with Crippen LogP contribution >= 0.6 is 0 Å². The van der Waals surface area contributed by atoms with Crippen molar-refractivity contribution < 1.29 is 9.90 Å². The number of fused-ring (bicyclic) bond motifs is 3. The maximum atomic E-state index is 13.4. The van der Waals surface area contributed by atoms with E-state index in [4.69, 9.17) is 5.73 Å². The van der Waals surface area contributed by atoms with Crippen LogP contribution in [0.5, 0.6) is 5.75 Å². The van der Waals surface area contributed by atoms with Gasteiger partial charge >= 0.3 is 0 Å². The zero-order valence-corrected chi connectivity index (χ0v) is 22.5. The minimum absolute atomic E-state index is 0.0390. The lowest BCUT2D eigenvalue weighted by Gasteiger charge is -2.54. The highest BCUT2D eigenvalue weighted by molar-refractivity contribution is 5.83. The lowest BCUT2D eigenvalue weighted by atomic mass is 9.49. The summed E-state index contributed by atoms with van der Waals surface area (Å²) in [6, 6.07) is 5.84. The van der Waals surface area contributed by atoms with Crippen LogP contribution in [0.1, 0.15) is 108 Å². The van der Waals surface area contributed by atoms with Crippen LogP contribution < -0.4 is 16.4 Å². The Labute approximate surface area is 214 Å². The minimum Gasteiger partial charge on any atom is -0.508 e. The van der Waals surface area contributed by atoms with Gasteiger partial charge < -0.3 is 21.5 Å². The predicted molar refractivity (Wildman–Crippen MR) is 146 cm³/mol. The van der Waals surface area contributed by atoms with E-state index in [0.29, 0.717) is 11.7 Å². The van der Waals surface area contributed by atoms with Gasteiger partial charge in [-0.25, -0.2) is 0 Å². The number of nitrogens with two attached hydrogens (primary N) is 1. The molecule has 0 spiro atoms. The van der Waals surface area contributed by atoms with E-state index in [1.54, 1.807) is 6.07 Å². The van der Waals surface area contributed by atoms with E-state index in [1.807, 2.05) is 6.07 Å². The number of nitrogens with one attached hydrogen (secondary N) is 2. The van der Waals surface area contributed by atoms with Crippen LogP contribution in [-0.2, 0) is 16.6 Å². The number of phenols is 1. The summed E-state index contributed by atoms with van der Waals surface area (Å²) in [7, 11) is 0. The fourth-order valence-electron chi connectivity index (χ4n) is 6.92. The van der Waals surface area contributed by atoms with Crippen molar-refractivity contribution in [3.8, 4) is 5.75 Å². The van der Waals surface area contributed by atoms with Gasteiger partial charge in [0, 0.05) is 6.54 Å². The number of aromatic hydroxyl groups is 1. The molecule has 3 atom stereocenters. The number of aryl methyl sites for hydroxylation is 1. The minimum atomic E-state index is -0.339.